The second-order valence-corrected chi connectivity index (χ2v) is 7.52. The Morgan fingerprint density at radius 2 is 2.04 bits per heavy atom. The summed E-state index contributed by atoms with van der Waals surface area (Å²) >= 11 is 0. The summed E-state index contributed by atoms with van der Waals surface area (Å²) in [5.41, 5.74) is 3.91. The Kier molecular flexibility index (Phi) is 5.03. The van der Waals surface area contributed by atoms with Gasteiger partial charge >= 0.3 is 0 Å². The molecule has 28 heavy (non-hydrogen) atoms. The van der Waals surface area contributed by atoms with Crippen LogP contribution in [0.2, 0.25) is 0 Å². The Labute approximate surface area is 164 Å². The van der Waals surface area contributed by atoms with E-state index in [2.05, 4.69) is 39.2 Å². The number of aryl methyl sites for hydroxylation is 1. The minimum atomic E-state index is -0.119. The van der Waals surface area contributed by atoms with Crippen molar-refractivity contribution in [2.24, 2.45) is 4.99 Å². The monoisotopic (exact) mass is 379 g/mol. The molecule has 146 valence electrons. The molecule has 1 saturated carbocycles. The largest absolute Gasteiger partial charge is 0.356 e. The summed E-state index contributed by atoms with van der Waals surface area (Å²) in [5.74, 6) is 0.620. The van der Waals surface area contributed by atoms with Crippen LogP contribution in [0.4, 0.5) is 4.39 Å². The molecule has 1 fully saturated rings. The highest BCUT2D eigenvalue weighted by molar-refractivity contribution is 5.79. The number of nitrogens with one attached hydrogen (secondary N) is 2. The van der Waals surface area contributed by atoms with E-state index in [1.807, 2.05) is 24.4 Å². The lowest BCUT2D eigenvalue weighted by Crippen LogP contribution is -2.42. The molecule has 0 spiro atoms. The number of nitrogens with zero attached hydrogens (tertiary/aromatic N) is 3. The number of benzene rings is 1. The summed E-state index contributed by atoms with van der Waals surface area (Å²) in [4.78, 5) is 9.00. The number of aliphatic imine (C=N–C) groups is 1. The molecule has 0 atom stereocenters. The lowest BCUT2D eigenvalue weighted by Gasteiger charge is -2.19. The molecule has 4 rings (SSSR count). The predicted octanol–water partition coefficient (Wildman–Crippen LogP) is 3.22. The first-order chi connectivity index (χ1) is 13.6. The molecule has 1 aliphatic carbocycles. The van der Waals surface area contributed by atoms with Crippen molar-refractivity contribution in [2.45, 2.75) is 31.6 Å². The molecular weight excluding hydrogens is 353 g/mol. The van der Waals surface area contributed by atoms with Crippen molar-refractivity contribution in [3.05, 3.63) is 71.4 Å². The maximum absolute atomic E-state index is 14.2. The van der Waals surface area contributed by atoms with Crippen LogP contribution in [-0.2, 0) is 11.8 Å². The van der Waals surface area contributed by atoms with Crippen molar-refractivity contribution in [1.29, 1.82) is 0 Å². The van der Waals surface area contributed by atoms with E-state index in [4.69, 9.17) is 4.98 Å². The molecule has 0 aliphatic heterocycles. The average Bonchev–Trinajstić information content (AvgIpc) is 3.36. The number of aromatic nitrogens is 2. The van der Waals surface area contributed by atoms with E-state index in [1.54, 1.807) is 19.2 Å². The first-order valence-corrected chi connectivity index (χ1v) is 9.74. The molecule has 0 unspecified atom stereocenters. The highest BCUT2D eigenvalue weighted by atomic mass is 19.1. The number of hydrogen-bond acceptors (Lipinski definition) is 2. The molecule has 0 radical (unpaired) electrons. The summed E-state index contributed by atoms with van der Waals surface area (Å²) in [7, 11) is 1.76. The van der Waals surface area contributed by atoms with Crippen LogP contribution in [0.15, 0.2) is 53.8 Å². The van der Waals surface area contributed by atoms with Crippen molar-refractivity contribution < 1.29 is 4.39 Å². The molecule has 2 N–H and O–H groups in total. The van der Waals surface area contributed by atoms with Crippen LogP contribution in [0.3, 0.4) is 0 Å². The van der Waals surface area contributed by atoms with Crippen molar-refractivity contribution in [3.63, 3.8) is 0 Å². The highest BCUT2D eigenvalue weighted by Crippen LogP contribution is 2.48. The van der Waals surface area contributed by atoms with Gasteiger partial charge in [-0.05, 0) is 43.0 Å². The predicted molar refractivity (Wildman–Crippen MR) is 110 cm³/mol. The van der Waals surface area contributed by atoms with Crippen molar-refractivity contribution >= 4 is 11.6 Å². The van der Waals surface area contributed by atoms with E-state index in [1.165, 1.54) is 5.56 Å². The molecule has 2 heterocycles. The third-order valence-corrected chi connectivity index (χ3v) is 5.52. The van der Waals surface area contributed by atoms with Gasteiger partial charge in [-0.3, -0.25) is 4.99 Å². The molecule has 2 aromatic heterocycles. The first kappa shape index (κ1) is 18.5. The first-order valence-electron chi connectivity index (χ1n) is 9.74. The zero-order valence-electron chi connectivity index (χ0n) is 16.4. The van der Waals surface area contributed by atoms with E-state index in [0.717, 1.165) is 48.7 Å². The third kappa shape index (κ3) is 3.72. The van der Waals surface area contributed by atoms with Crippen LogP contribution in [0.25, 0.3) is 5.65 Å². The van der Waals surface area contributed by atoms with E-state index >= 15 is 0 Å². The number of guanidine groups is 1. The second kappa shape index (κ2) is 7.62. The van der Waals surface area contributed by atoms with Crippen molar-refractivity contribution in [1.82, 2.24) is 20.0 Å². The average molecular weight is 379 g/mol. The topological polar surface area (TPSA) is 53.7 Å². The molecule has 5 nitrogen and oxygen atoms in total. The second-order valence-electron chi connectivity index (χ2n) is 7.52. The standard InChI is InChI=1S/C22H26FN5/c1-16-6-5-13-28-14-17(27-20(16)28)9-12-25-21(24-2)26-15-22(10-11-22)18-7-3-4-8-19(18)23/h3-8,13-14H,9-12,15H2,1-2H3,(H2,24,25,26). The molecule has 1 aliphatic rings. The van der Waals surface area contributed by atoms with Gasteiger partial charge in [0.1, 0.15) is 11.5 Å². The summed E-state index contributed by atoms with van der Waals surface area (Å²) in [6.07, 6.45) is 6.89. The maximum Gasteiger partial charge on any atom is 0.191 e. The molecular formula is C22H26FN5. The normalized spacial score (nSPS) is 15.6. The highest BCUT2D eigenvalue weighted by Gasteiger charge is 2.45. The van der Waals surface area contributed by atoms with Gasteiger partial charge in [-0.2, -0.15) is 0 Å². The number of imidazole rings is 1. The van der Waals surface area contributed by atoms with Gasteiger partial charge in [-0.25, -0.2) is 9.37 Å². The fourth-order valence-corrected chi connectivity index (χ4v) is 3.69. The zero-order chi connectivity index (χ0) is 19.6. The van der Waals surface area contributed by atoms with Crippen LogP contribution in [0.5, 0.6) is 0 Å². The summed E-state index contributed by atoms with van der Waals surface area (Å²) < 4.78 is 16.2. The smallest absolute Gasteiger partial charge is 0.191 e. The Balaban J connectivity index is 1.32. The van der Waals surface area contributed by atoms with E-state index < -0.39 is 0 Å². The minimum absolute atomic E-state index is 0.109. The maximum atomic E-state index is 14.2. The number of pyridine rings is 1. The molecule has 0 amide bonds. The minimum Gasteiger partial charge on any atom is -0.356 e. The lowest BCUT2D eigenvalue weighted by molar-refractivity contribution is 0.559. The number of fused-ring (bicyclic) bond motifs is 1. The molecule has 0 saturated heterocycles. The molecule has 6 heteroatoms. The van der Waals surface area contributed by atoms with E-state index in [0.29, 0.717) is 6.54 Å². The summed E-state index contributed by atoms with van der Waals surface area (Å²) in [6, 6.07) is 11.2. The zero-order valence-corrected chi connectivity index (χ0v) is 16.4. The van der Waals surface area contributed by atoms with Gasteiger partial charge in [0.2, 0.25) is 0 Å². The van der Waals surface area contributed by atoms with Gasteiger partial charge in [0, 0.05) is 44.4 Å². The molecule has 0 bridgehead atoms. The van der Waals surface area contributed by atoms with Crippen LogP contribution in [-0.4, -0.2) is 35.5 Å². The van der Waals surface area contributed by atoms with Gasteiger partial charge in [-0.15, -0.1) is 0 Å². The van der Waals surface area contributed by atoms with E-state index in [-0.39, 0.29) is 11.2 Å². The van der Waals surface area contributed by atoms with E-state index in [9.17, 15) is 4.39 Å². The quantitative estimate of drug-likeness (QED) is 0.511. The fraction of sp³-hybridized carbons (Fsp3) is 0.364. The van der Waals surface area contributed by atoms with Crippen LogP contribution < -0.4 is 10.6 Å². The lowest BCUT2D eigenvalue weighted by atomic mass is 9.95. The van der Waals surface area contributed by atoms with Gasteiger partial charge < -0.3 is 15.0 Å². The van der Waals surface area contributed by atoms with Crippen molar-refractivity contribution in [3.8, 4) is 0 Å². The number of rotatable bonds is 6. The molecule has 3 aromatic rings. The number of halogens is 1. The Morgan fingerprint density at radius 1 is 1.21 bits per heavy atom. The van der Waals surface area contributed by atoms with Gasteiger partial charge in [-0.1, -0.05) is 24.3 Å². The van der Waals surface area contributed by atoms with Crippen LogP contribution in [0.1, 0.15) is 29.7 Å². The fourth-order valence-electron chi connectivity index (χ4n) is 3.69. The van der Waals surface area contributed by atoms with Gasteiger partial charge in [0.25, 0.3) is 0 Å². The van der Waals surface area contributed by atoms with Crippen LogP contribution >= 0.6 is 0 Å². The van der Waals surface area contributed by atoms with Gasteiger partial charge in [0.05, 0.1) is 5.69 Å². The Morgan fingerprint density at radius 3 is 2.75 bits per heavy atom. The Bertz CT molecular complexity index is 1000. The molecule has 1 aromatic carbocycles. The third-order valence-electron chi connectivity index (χ3n) is 5.52. The Hall–Kier alpha value is -2.89. The van der Waals surface area contributed by atoms with Gasteiger partial charge in [0.15, 0.2) is 5.96 Å². The summed E-state index contributed by atoms with van der Waals surface area (Å²) in [6.45, 7) is 3.48. The van der Waals surface area contributed by atoms with Crippen molar-refractivity contribution in [2.75, 3.05) is 20.1 Å². The summed E-state index contributed by atoms with van der Waals surface area (Å²) in [5, 5.41) is 6.71. The van der Waals surface area contributed by atoms with Crippen LogP contribution in [0, 0.1) is 12.7 Å². The SMILES string of the molecule is CN=C(NCCc1cn2cccc(C)c2n1)NCC1(c2ccccc2F)CC1. The number of hydrogen-bond donors (Lipinski definition) is 2.